The number of urea groups is 1. The highest BCUT2D eigenvalue weighted by atomic mass is 19.4. The van der Waals surface area contributed by atoms with E-state index in [1.165, 1.54) is 24.1 Å². The van der Waals surface area contributed by atoms with Crippen LogP contribution < -0.4 is 5.32 Å². The summed E-state index contributed by atoms with van der Waals surface area (Å²) in [4.78, 5) is 43.7. The fourth-order valence-corrected chi connectivity index (χ4v) is 4.56. The summed E-state index contributed by atoms with van der Waals surface area (Å²) in [5, 5.41) is 2.72. The van der Waals surface area contributed by atoms with Gasteiger partial charge in [0.05, 0.1) is 23.8 Å². The summed E-state index contributed by atoms with van der Waals surface area (Å²) < 4.78 is 44.5. The number of carbonyl (C=O) groups excluding carboxylic acids is 3. The molecule has 0 radical (unpaired) electrons. The van der Waals surface area contributed by atoms with Gasteiger partial charge in [-0.25, -0.2) is 9.59 Å². The van der Waals surface area contributed by atoms with Crippen LogP contribution in [0.1, 0.15) is 44.9 Å². The number of halogens is 3. The van der Waals surface area contributed by atoms with Crippen LogP contribution in [0, 0.1) is 5.92 Å². The zero-order valence-corrected chi connectivity index (χ0v) is 21.2. The summed E-state index contributed by atoms with van der Waals surface area (Å²) in [6.07, 6.45) is -4.50. The van der Waals surface area contributed by atoms with Crippen molar-refractivity contribution in [2.24, 2.45) is 5.92 Å². The summed E-state index contributed by atoms with van der Waals surface area (Å²) in [5.41, 5.74) is 0.103. The van der Waals surface area contributed by atoms with Gasteiger partial charge in [-0.2, -0.15) is 13.2 Å². The number of hydrogen-bond acceptors (Lipinski definition) is 5. The summed E-state index contributed by atoms with van der Waals surface area (Å²) in [6.45, 7) is 9.26. The quantitative estimate of drug-likeness (QED) is 0.594. The molecule has 0 aliphatic carbocycles. The first-order valence-electron chi connectivity index (χ1n) is 12.0. The molecule has 8 nitrogen and oxygen atoms in total. The largest absolute Gasteiger partial charge is 0.463 e. The van der Waals surface area contributed by atoms with Crippen LogP contribution >= 0.6 is 0 Å². The first-order chi connectivity index (χ1) is 16.8. The lowest BCUT2D eigenvalue weighted by Gasteiger charge is -2.42. The molecule has 198 valence electrons. The Hall–Kier alpha value is -3.08. The first-order valence-corrected chi connectivity index (χ1v) is 12.0. The third kappa shape index (κ3) is 5.83. The van der Waals surface area contributed by atoms with Crippen LogP contribution in [0.15, 0.2) is 35.5 Å². The van der Waals surface area contributed by atoms with Crippen molar-refractivity contribution in [1.82, 2.24) is 20.0 Å². The maximum absolute atomic E-state index is 13.1. The van der Waals surface area contributed by atoms with E-state index in [1.807, 2.05) is 25.7 Å². The predicted molar refractivity (Wildman–Crippen MR) is 127 cm³/mol. The van der Waals surface area contributed by atoms with Crippen LogP contribution in [0.4, 0.5) is 18.0 Å². The molecule has 0 aromatic heterocycles. The molecule has 2 atom stereocenters. The Balaban J connectivity index is 1.95. The van der Waals surface area contributed by atoms with Crippen molar-refractivity contribution in [2.45, 2.75) is 46.0 Å². The van der Waals surface area contributed by atoms with Gasteiger partial charge >= 0.3 is 18.2 Å². The van der Waals surface area contributed by atoms with Gasteiger partial charge in [-0.3, -0.25) is 14.6 Å². The molecule has 3 rings (SSSR count). The molecule has 0 saturated carbocycles. The van der Waals surface area contributed by atoms with E-state index < -0.39 is 29.8 Å². The van der Waals surface area contributed by atoms with E-state index in [0.29, 0.717) is 30.9 Å². The minimum atomic E-state index is -4.50. The lowest BCUT2D eigenvalue weighted by molar-refractivity contribution is -0.139. The molecule has 3 amide bonds. The number of nitrogens with zero attached hydrogens (tertiary/aromatic N) is 3. The van der Waals surface area contributed by atoms with Crippen molar-refractivity contribution in [2.75, 3.05) is 39.8 Å². The number of rotatable bonds is 6. The number of likely N-dealkylation sites (N-methyl/N-ethyl adjacent to an activating group) is 1. The van der Waals surface area contributed by atoms with Crippen molar-refractivity contribution in [3.05, 3.63) is 46.7 Å². The fraction of sp³-hybridized carbons (Fsp3) is 0.560. The molecular formula is C25H33F3N4O4. The molecule has 2 heterocycles. The lowest BCUT2D eigenvalue weighted by Crippen LogP contribution is -2.56. The molecule has 1 aromatic rings. The SMILES string of the molecule is CCOC(=O)C1=C(CN2CCN(C(=O)C(C)C)[C@H](C)C2)N(C)C(=O)N[C@H]1c1ccc(C(F)(F)F)cc1. The summed E-state index contributed by atoms with van der Waals surface area (Å²) in [5.74, 6) is -0.689. The number of nitrogens with one attached hydrogen (secondary N) is 1. The highest BCUT2D eigenvalue weighted by molar-refractivity contribution is 5.95. The molecule has 11 heteroatoms. The third-order valence-electron chi connectivity index (χ3n) is 6.51. The molecule has 1 aromatic carbocycles. The maximum Gasteiger partial charge on any atom is 0.416 e. The van der Waals surface area contributed by atoms with Gasteiger partial charge in [0.2, 0.25) is 5.91 Å². The van der Waals surface area contributed by atoms with Gasteiger partial charge in [-0.15, -0.1) is 0 Å². The smallest absolute Gasteiger partial charge is 0.416 e. The predicted octanol–water partition coefficient (Wildman–Crippen LogP) is 3.41. The Labute approximate surface area is 209 Å². The monoisotopic (exact) mass is 510 g/mol. The second-order valence-corrected chi connectivity index (χ2v) is 9.41. The van der Waals surface area contributed by atoms with Gasteiger partial charge in [0.1, 0.15) is 0 Å². The Morgan fingerprint density at radius 2 is 1.81 bits per heavy atom. The van der Waals surface area contributed by atoms with E-state index >= 15 is 0 Å². The van der Waals surface area contributed by atoms with E-state index in [1.54, 1.807) is 6.92 Å². The molecule has 1 saturated heterocycles. The van der Waals surface area contributed by atoms with Gasteiger partial charge < -0.3 is 15.0 Å². The van der Waals surface area contributed by atoms with Crippen LogP contribution in [-0.4, -0.2) is 78.5 Å². The van der Waals surface area contributed by atoms with Crippen LogP contribution in [0.25, 0.3) is 0 Å². The van der Waals surface area contributed by atoms with Crippen molar-refractivity contribution in [3.63, 3.8) is 0 Å². The Kier molecular flexibility index (Phi) is 8.33. The van der Waals surface area contributed by atoms with Crippen molar-refractivity contribution in [3.8, 4) is 0 Å². The van der Waals surface area contributed by atoms with Crippen molar-refractivity contribution < 1.29 is 32.3 Å². The van der Waals surface area contributed by atoms with Gasteiger partial charge in [0, 0.05) is 50.9 Å². The molecule has 0 spiro atoms. The summed E-state index contributed by atoms with van der Waals surface area (Å²) in [6, 6.07) is 2.86. The number of esters is 1. The highest BCUT2D eigenvalue weighted by Crippen LogP contribution is 2.34. The van der Waals surface area contributed by atoms with Crippen LogP contribution in [0.2, 0.25) is 0 Å². The van der Waals surface area contributed by atoms with Gasteiger partial charge in [0.15, 0.2) is 0 Å². The van der Waals surface area contributed by atoms with E-state index in [4.69, 9.17) is 4.74 Å². The number of alkyl halides is 3. The molecule has 1 fully saturated rings. The summed E-state index contributed by atoms with van der Waals surface area (Å²) >= 11 is 0. The standard InChI is InChI=1S/C25H33F3N4O4/c1-6-36-23(34)20-19(14-31-11-12-32(16(4)13-31)22(33)15(2)3)30(5)24(35)29-21(20)17-7-9-18(10-8-17)25(26,27)28/h7-10,15-16,21H,6,11-14H2,1-5H3,(H,29,35)/t16-,21+/m1/s1. The van der Waals surface area contributed by atoms with E-state index in [0.717, 1.165) is 12.1 Å². The number of carbonyl (C=O) groups is 3. The normalized spacial score (nSPS) is 21.6. The minimum Gasteiger partial charge on any atom is -0.463 e. The Bertz CT molecular complexity index is 1020. The van der Waals surface area contributed by atoms with Crippen LogP contribution in [-0.2, 0) is 20.5 Å². The fourth-order valence-electron chi connectivity index (χ4n) is 4.56. The second-order valence-electron chi connectivity index (χ2n) is 9.41. The second kappa shape index (κ2) is 10.9. The third-order valence-corrected chi connectivity index (χ3v) is 6.51. The number of hydrogen-bond donors (Lipinski definition) is 1. The number of piperazine rings is 1. The Morgan fingerprint density at radius 3 is 2.33 bits per heavy atom. The van der Waals surface area contributed by atoms with E-state index in [-0.39, 0.29) is 36.6 Å². The maximum atomic E-state index is 13.1. The average molecular weight is 511 g/mol. The molecule has 2 aliphatic rings. The average Bonchev–Trinajstić information content (AvgIpc) is 2.81. The minimum absolute atomic E-state index is 0.0614. The van der Waals surface area contributed by atoms with Gasteiger partial charge in [0.25, 0.3) is 0 Å². The molecule has 1 N–H and O–H groups in total. The zero-order chi connectivity index (χ0) is 26.8. The van der Waals surface area contributed by atoms with Crippen LogP contribution in [0.3, 0.4) is 0 Å². The highest BCUT2D eigenvalue weighted by Gasteiger charge is 2.39. The number of benzene rings is 1. The molecule has 2 aliphatic heterocycles. The molecule has 36 heavy (non-hydrogen) atoms. The number of amides is 3. The molecule has 0 unspecified atom stereocenters. The molecular weight excluding hydrogens is 477 g/mol. The first kappa shape index (κ1) is 27.5. The number of ether oxygens (including phenoxy) is 1. The van der Waals surface area contributed by atoms with Gasteiger partial charge in [-0.1, -0.05) is 26.0 Å². The lowest BCUT2D eigenvalue weighted by atomic mass is 9.93. The molecule has 0 bridgehead atoms. The topological polar surface area (TPSA) is 82.2 Å². The Morgan fingerprint density at radius 1 is 1.17 bits per heavy atom. The van der Waals surface area contributed by atoms with E-state index in [9.17, 15) is 27.6 Å². The van der Waals surface area contributed by atoms with E-state index in [2.05, 4.69) is 10.2 Å². The summed E-state index contributed by atoms with van der Waals surface area (Å²) in [7, 11) is 1.54. The zero-order valence-electron chi connectivity index (χ0n) is 21.2. The van der Waals surface area contributed by atoms with Crippen molar-refractivity contribution >= 4 is 17.9 Å². The van der Waals surface area contributed by atoms with Gasteiger partial charge in [-0.05, 0) is 31.5 Å². The van der Waals surface area contributed by atoms with Crippen molar-refractivity contribution in [1.29, 1.82) is 0 Å². The van der Waals surface area contributed by atoms with Crippen LogP contribution in [0.5, 0.6) is 0 Å².